The molecule has 0 fully saturated rings. The van der Waals surface area contributed by atoms with E-state index in [2.05, 4.69) is 5.32 Å². The molecule has 110 valence electrons. The molecule has 0 saturated heterocycles. The highest BCUT2D eigenvalue weighted by atomic mass is 19.4. The molecule has 0 spiro atoms. The zero-order chi connectivity index (χ0) is 15.1. The van der Waals surface area contributed by atoms with Crippen molar-refractivity contribution in [3.63, 3.8) is 0 Å². The fourth-order valence-corrected chi connectivity index (χ4v) is 1.13. The van der Waals surface area contributed by atoms with Crippen LogP contribution < -0.4 is 10.6 Å². The van der Waals surface area contributed by atoms with Crippen molar-refractivity contribution in [1.82, 2.24) is 10.6 Å². The van der Waals surface area contributed by atoms with Gasteiger partial charge in [0, 0.05) is 13.0 Å². The van der Waals surface area contributed by atoms with Gasteiger partial charge in [-0.25, -0.2) is 0 Å². The van der Waals surface area contributed by atoms with Crippen LogP contribution in [0.5, 0.6) is 0 Å². The van der Waals surface area contributed by atoms with Crippen molar-refractivity contribution in [2.45, 2.75) is 25.9 Å². The Morgan fingerprint density at radius 3 is 2.16 bits per heavy atom. The van der Waals surface area contributed by atoms with E-state index in [1.165, 1.54) is 0 Å². The zero-order valence-corrected chi connectivity index (χ0v) is 10.2. The predicted octanol–water partition coefficient (Wildman–Crippen LogP) is 0.282. The molecule has 3 N–H and O–H groups in total. The number of hydrogen-bond donors (Lipinski definition) is 3. The fraction of sp³-hybridized carbons (Fsp3) is 0.700. The minimum Gasteiger partial charge on any atom is -0.481 e. The highest BCUT2D eigenvalue weighted by Gasteiger charge is 2.27. The van der Waals surface area contributed by atoms with E-state index in [0.29, 0.717) is 0 Å². The molecule has 0 aliphatic heterocycles. The smallest absolute Gasteiger partial charge is 0.405 e. The molecule has 0 aliphatic carbocycles. The quantitative estimate of drug-likeness (QED) is 0.585. The lowest BCUT2D eigenvalue weighted by molar-refractivity contribution is -0.141. The second-order valence-corrected chi connectivity index (χ2v) is 4.08. The van der Waals surface area contributed by atoms with Crippen LogP contribution >= 0.6 is 0 Å². The monoisotopic (exact) mass is 284 g/mol. The molecule has 0 aromatic heterocycles. The Morgan fingerprint density at radius 1 is 1.16 bits per heavy atom. The Kier molecular flexibility index (Phi) is 6.87. The largest absolute Gasteiger partial charge is 0.481 e. The highest BCUT2D eigenvalue weighted by Crippen LogP contribution is 2.12. The van der Waals surface area contributed by atoms with E-state index < -0.39 is 36.9 Å². The van der Waals surface area contributed by atoms with E-state index >= 15 is 0 Å². The molecule has 9 heteroatoms. The van der Waals surface area contributed by atoms with Gasteiger partial charge in [0.2, 0.25) is 11.8 Å². The molecule has 1 unspecified atom stereocenters. The number of halogens is 3. The van der Waals surface area contributed by atoms with Crippen molar-refractivity contribution < 1.29 is 32.7 Å². The number of amides is 2. The Morgan fingerprint density at radius 2 is 1.68 bits per heavy atom. The number of carboxylic acids is 1. The van der Waals surface area contributed by atoms with Crippen molar-refractivity contribution in [2.24, 2.45) is 5.92 Å². The van der Waals surface area contributed by atoms with E-state index in [1.807, 2.05) is 0 Å². The van der Waals surface area contributed by atoms with Gasteiger partial charge in [-0.15, -0.1) is 0 Å². The molecule has 0 rings (SSSR count). The van der Waals surface area contributed by atoms with Crippen molar-refractivity contribution in [3.05, 3.63) is 0 Å². The van der Waals surface area contributed by atoms with Crippen LogP contribution in [0.15, 0.2) is 0 Å². The topological polar surface area (TPSA) is 95.5 Å². The summed E-state index contributed by atoms with van der Waals surface area (Å²) in [6.07, 6.45) is -5.40. The molecule has 0 saturated carbocycles. The Bertz CT molecular complexity index is 344. The maximum absolute atomic E-state index is 11.8. The number of carbonyl (C=O) groups is 3. The summed E-state index contributed by atoms with van der Waals surface area (Å²) in [6.45, 7) is 0.129. The first-order chi connectivity index (χ1) is 8.60. The standard InChI is InChI=1S/C10H15F3N2O4/c1-6(2-9(18)19)4-14-7(16)3-8(17)15-5-10(11,12)13/h6H,2-5H2,1H3,(H,14,16)(H,15,17)(H,18,19). The second-order valence-electron chi connectivity index (χ2n) is 4.08. The first kappa shape index (κ1) is 17.2. The van der Waals surface area contributed by atoms with Crippen LogP contribution in [0.4, 0.5) is 13.2 Å². The van der Waals surface area contributed by atoms with Crippen molar-refractivity contribution >= 4 is 17.8 Å². The van der Waals surface area contributed by atoms with E-state index in [0.717, 1.165) is 0 Å². The number of rotatable bonds is 7. The lowest BCUT2D eigenvalue weighted by atomic mass is 10.1. The molecule has 0 aromatic carbocycles. The van der Waals surface area contributed by atoms with Gasteiger partial charge in [0.1, 0.15) is 13.0 Å². The third-order valence-corrected chi connectivity index (χ3v) is 1.98. The van der Waals surface area contributed by atoms with Gasteiger partial charge in [0.05, 0.1) is 0 Å². The van der Waals surface area contributed by atoms with Crippen LogP contribution in [0.3, 0.4) is 0 Å². The average Bonchev–Trinajstić information content (AvgIpc) is 2.22. The Hall–Kier alpha value is -1.80. The summed E-state index contributed by atoms with van der Waals surface area (Å²) in [6, 6.07) is 0. The highest BCUT2D eigenvalue weighted by molar-refractivity contribution is 5.96. The van der Waals surface area contributed by atoms with Gasteiger partial charge in [-0.2, -0.15) is 13.2 Å². The third kappa shape index (κ3) is 11.0. The molecule has 6 nitrogen and oxygen atoms in total. The number of alkyl halides is 3. The van der Waals surface area contributed by atoms with Crippen LogP contribution in [-0.4, -0.2) is 42.2 Å². The SMILES string of the molecule is CC(CNC(=O)CC(=O)NCC(F)(F)F)CC(=O)O. The normalized spacial score (nSPS) is 12.6. The van der Waals surface area contributed by atoms with E-state index in [9.17, 15) is 27.6 Å². The minimum atomic E-state index is -4.53. The van der Waals surface area contributed by atoms with Gasteiger partial charge < -0.3 is 15.7 Å². The van der Waals surface area contributed by atoms with Crippen molar-refractivity contribution in [3.8, 4) is 0 Å². The summed E-state index contributed by atoms with van der Waals surface area (Å²) < 4.78 is 35.3. The van der Waals surface area contributed by atoms with Gasteiger partial charge in [0.25, 0.3) is 0 Å². The van der Waals surface area contributed by atoms with Crippen molar-refractivity contribution in [1.29, 1.82) is 0 Å². The number of carbonyl (C=O) groups excluding carboxylic acids is 2. The molecule has 19 heavy (non-hydrogen) atoms. The summed E-state index contributed by atoms with van der Waals surface area (Å²) in [5.41, 5.74) is 0. The molecule has 0 aliphatic rings. The summed E-state index contributed by atoms with van der Waals surface area (Å²) in [4.78, 5) is 32.5. The van der Waals surface area contributed by atoms with E-state index in [1.54, 1.807) is 12.2 Å². The average molecular weight is 284 g/mol. The zero-order valence-electron chi connectivity index (χ0n) is 10.2. The summed E-state index contributed by atoms with van der Waals surface area (Å²) >= 11 is 0. The number of hydrogen-bond acceptors (Lipinski definition) is 3. The second kappa shape index (κ2) is 7.59. The fourth-order valence-electron chi connectivity index (χ4n) is 1.13. The lowest BCUT2D eigenvalue weighted by Crippen LogP contribution is -2.38. The van der Waals surface area contributed by atoms with Crippen LogP contribution in [0.2, 0.25) is 0 Å². The third-order valence-electron chi connectivity index (χ3n) is 1.98. The Labute approximate surface area is 107 Å². The first-order valence-corrected chi connectivity index (χ1v) is 5.42. The van der Waals surface area contributed by atoms with Crippen LogP contribution in [0.25, 0.3) is 0 Å². The number of carboxylic acid groups (broad SMARTS) is 1. The van der Waals surface area contributed by atoms with Gasteiger partial charge >= 0.3 is 12.1 Å². The minimum absolute atomic E-state index is 0.0394. The summed E-state index contributed by atoms with van der Waals surface area (Å²) in [7, 11) is 0. The Balaban J connectivity index is 3.85. The molecule has 0 aromatic rings. The number of aliphatic carboxylic acids is 1. The van der Waals surface area contributed by atoms with E-state index in [4.69, 9.17) is 5.11 Å². The van der Waals surface area contributed by atoms with Crippen LogP contribution in [0.1, 0.15) is 19.8 Å². The summed E-state index contributed by atoms with van der Waals surface area (Å²) in [5.74, 6) is -3.15. The molecule has 0 heterocycles. The van der Waals surface area contributed by atoms with Crippen LogP contribution in [-0.2, 0) is 14.4 Å². The molecule has 1 atom stereocenters. The van der Waals surface area contributed by atoms with Crippen molar-refractivity contribution in [2.75, 3.05) is 13.1 Å². The van der Waals surface area contributed by atoms with Gasteiger partial charge in [-0.1, -0.05) is 6.92 Å². The number of nitrogens with one attached hydrogen (secondary N) is 2. The molecule has 2 amide bonds. The maximum atomic E-state index is 11.8. The van der Waals surface area contributed by atoms with E-state index in [-0.39, 0.29) is 18.9 Å². The molecular formula is C10H15F3N2O4. The molecule has 0 radical (unpaired) electrons. The lowest BCUT2D eigenvalue weighted by Gasteiger charge is -2.11. The molecular weight excluding hydrogens is 269 g/mol. The van der Waals surface area contributed by atoms with Gasteiger partial charge in [-0.3, -0.25) is 14.4 Å². The summed E-state index contributed by atoms with van der Waals surface area (Å²) in [5, 5.41) is 12.3. The van der Waals surface area contributed by atoms with Gasteiger partial charge in [-0.05, 0) is 5.92 Å². The van der Waals surface area contributed by atoms with Crippen LogP contribution in [0, 0.1) is 5.92 Å². The predicted molar refractivity (Wildman–Crippen MR) is 58.1 cm³/mol. The first-order valence-electron chi connectivity index (χ1n) is 5.42. The van der Waals surface area contributed by atoms with Gasteiger partial charge in [0.15, 0.2) is 0 Å². The molecule has 0 bridgehead atoms. The maximum Gasteiger partial charge on any atom is 0.405 e.